The highest BCUT2D eigenvalue weighted by Crippen LogP contribution is 2.38. The number of nitrogens with one attached hydrogen (secondary N) is 1. The zero-order valence-corrected chi connectivity index (χ0v) is 17.6. The average molecular weight is 431 g/mol. The van der Waals surface area contributed by atoms with E-state index in [0.717, 1.165) is 16.9 Å². The number of fused-ring (bicyclic) bond motifs is 1. The summed E-state index contributed by atoms with van der Waals surface area (Å²) in [5, 5.41) is 16.9. The molecular weight excluding hydrogens is 406 g/mol. The largest absolute Gasteiger partial charge is 0.488 e. The number of aromatic amines is 1. The van der Waals surface area contributed by atoms with E-state index >= 15 is 0 Å². The summed E-state index contributed by atoms with van der Waals surface area (Å²) in [7, 11) is 0. The highest BCUT2D eigenvalue weighted by atomic mass is 16.5. The molecule has 1 saturated carbocycles. The maximum absolute atomic E-state index is 12.8. The molecule has 1 saturated heterocycles. The van der Waals surface area contributed by atoms with Gasteiger partial charge >= 0.3 is 0 Å². The van der Waals surface area contributed by atoms with Crippen molar-refractivity contribution in [2.45, 2.75) is 25.0 Å². The summed E-state index contributed by atoms with van der Waals surface area (Å²) in [6.07, 6.45) is 0.404. The Morgan fingerprint density at radius 3 is 2.31 bits per heavy atom. The Kier molecular flexibility index (Phi) is 5.49. The molecule has 1 aliphatic heterocycles. The molecule has 1 aliphatic carbocycles. The number of carbonyl (C=O) groups excluding carboxylic acids is 1. The predicted octanol–water partition coefficient (Wildman–Crippen LogP) is 2.73. The second kappa shape index (κ2) is 8.59. The van der Waals surface area contributed by atoms with E-state index in [-0.39, 0.29) is 35.1 Å². The van der Waals surface area contributed by atoms with Crippen LogP contribution in [-0.2, 0) is 0 Å². The van der Waals surface area contributed by atoms with Crippen LogP contribution in [0.5, 0.6) is 5.75 Å². The molecule has 164 valence electrons. The number of nitrogens with zero attached hydrogens (tertiary/aromatic N) is 2. The molecule has 2 aromatic carbocycles. The van der Waals surface area contributed by atoms with Gasteiger partial charge in [-0.25, -0.2) is 5.10 Å². The first-order chi connectivity index (χ1) is 15.6. The second-order valence-corrected chi connectivity index (χ2v) is 8.62. The van der Waals surface area contributed by atoms with Crippen molar-refractivity contribution in [1.29, 1.82) is 0 Å². The Morgan fingerprint density at radius 1 is 0.938 bits per heavy atom. The monoisotopic (exact) mass is 431 g/mol. The lowest BCUT2D eigenvalue weighted by molar-refractivity contribution is -0.0231. The summed E-state index contributed by atoms with van der Waals surface area (Å²) in [4.78, 5) is 25.7. The molecular formula is C25H25N3O4. The van der Waals surface area contributed by atoms with E-state index in [1.165, 1.54) is 12.1 Å². The average Bonchev–Trinajstić information content (AvgIpc) is 3.23. The molecule has 2 heterocycles. The van der Waals surface area contributed by atoms with Crippen molar-refractivity contribution < 1.29 is 14.6 Å². The molecule has 0 spiro atoms. The lowest BCUT2D eigenvalue weighted by Crippen LogP contribution is -2.42. The highest BCUT2D eigenvalue weighted by molar-refractivity contribution is 5.92. The summed E-state index contributed by atoms with van der Waals surface area (Å²) in [6.45, 7) is 1.18. The summed E-state index contributed by atoms with van der Waals surface area (Å²) in [6, 6.07) is 20.8. The first-order valence-electron chi connectivity index (χ1n) is 10.9. The van der Waals surface area contributed by atoms with Gasteiger partial charge in [-0.15, -0.1) is 0 Å². The summed E-state index contributed by atoms with van der Waals surface area (Å²) < 4.78 is 6.15. The Morgan fingerprint density at radius 2 is 1.62 bits per heavy atom. The van der Waals surface area contributed by atoms with E-state index in [4.69, 9.17) is 4.74 Å². The predicted molar refractivity (Wildman–Crippen MR) is 119 cm³/mol. The van der Waals surface area contributed by atoms with Crippen molar-refractivity contribution in [3.8, 4) is 16.9 Å². The number of hydrogen-bond acceptors (Lipinski definition) is 5. The van der Waals surface area contributed by atoms with Gasteiger partial charge in [-0.2, -0.15) is 5.10 Å². The van der Waals surface area contributed by atoms with Crippen LogP contribution in [0, 0.1) is 11.8 Å². The van der Waals surface area contributed by atoms with Crippen molar-refractivity contribution in [3.05, 3.63) is 82.8 Å². The van der Waals surface area contributed by atoms with Crippen LogP contribution in [-0.4, -0.2) is 51.4 Å². The molecule has 2 fully saturated rings. The molecule has 1 amide bonds. The van der Waals surface area contributed by atoms with E-state index in [1.807, 2.05) is 42.5 Å². The number of aromatic nitrogens is 2. The van der Waals surface area contributed by atoms with Crippen molar-refractivity contribution in [2.24, 2.45) is 11.8 Å². The van der Waals surface area contributed by atoms with Gasteiger partial charge in [0.05, 0.1) is 6.10 Å². The quantitative estimate of drug-likeness (QED) is 0.662. The number of amides is 1. The van der Waals surface area contributed by atoms with Crippen LogP contribution in [0.15, 0.2) is 71.5 Å². The third kappa shape index (κ3) is 4.16. The number of rotatable bonds is 4. The minimum absolute atomic E-state index is 0.195. The third-order valence-corrected chi connectivity index (χ3v) is 6.52. The van der Waals surface area contributed by atoms with Gasteiger partial charge in [0.2, 0.25) is 0 Å². The maximum Gasteiger partial charge on any atom is 0.274 e. The fraction of sp³-hybridized carbons (Fsp3) is 0.320. The van der Waals surface area contributed by atoms with E-state index in [9.17, 15) is 14.7 Å². The first kappa shape index (κ1) is 20.5. The number of H-pyrrole nitrogens is 1. The van der Waals surface area contributed by atoms with E-state index in [1.54, 1.807) is 4.90 Å². The lowest BCUT2D eigenvalue weighted by atomic mass is 9.78. The van der Waals surface area contributed by atoms with Gasteiger partial charge in [-0.1, -0.05) is 42.5 Å². The fourth-order valence-electron chi connectivity index (χ4n) is 4.84. The smallest absolute Gasteiger partial charge is 0.274 e. The Balaban J connectivity index is 1.23. The van der Waals surface area contributed by atoms with Crippen molar-refractivity contribution in [2.75, 3.05) is 13.1 Å². The molecule has 5 rings (SSSR count). The van der Waals surface area contributed by atoms with Crippen LogP contribution in [0.4, 0.5) is 0 Å². The fourth-order valence-corrected chi connectivity index (χ4v) is 4.84. The molecule has 0 unspecified atom stereocenters. The number of carbonyl (C=O) groups is 1. The summed E-state index contributed by atoms with van der Waals surface area (Å²) >= 11 is 0. The molecule has 4 atom stereocenters. The van der Waals surface area contributed by atoms with Crippen LogP contribution in [0.25, 0.3) is 11.1 Å². The van der Waals surface area contributed by atoms with E-state index in [2.05, 4.69) is 22.3 Å². The van der Waals surface area contributed by atoms with Crippen LogP contribution >= 0.6 is 0 Å². The van der Waals surface area contributed by atoms with Crippen LogP contribution < -0.4 is 10.3 Å². The standard InChI is InChI=1S/C25H25N3O4/c29-22-12-18-14-28(25(31)21-10-11-24(30)27-26-21)15-19(18)13-23(22)32-20-8-6-17(7-9-20)16-4-2-1-3-5-16/h1-11,18-19,22-23,29H,12-15H2,(H,27,30)/t18-,19+,22+,23+/m0/s1. The van der Waals surface area contributed by atoms with Crippen LogP contribution in [0.3, 0.4) is 0 Å². The Bertz CT molecular complexity index is 1130. The minimum atomic E-state index is -0.577. The maximum atomic E-state index is 12.8. The molecule has 1 aromatic heterocycles. The van der Waals surface area contributed by atoms with E-state index in [0.29, 0.717) is 25.9 Å². The highest BCUT2D eigenvalue weighted by Gasteiger charge is 2.44. The Hall–Kier alpha value is -3.45. The number of aliphatic hydroxyl groups excluding tert-OH is 1. The summed E-state index contributed by atoms with van der Waals surface area (Å²) in [5.41, 5.74) is 2.15. The van der Waals surface area contributed by atoms with Gasteiger partial charge < -0.3 is 14.7 Å². The van der Waals surface area contributed by atoms with Gasteiger partial charge in [-0.3, -0.25) is 9.59 Å². The van der Waals surface area contributed by atoms with Crippen LogP contribution in [0.1, 0.15) is 23.3 Å². The molecule has 2 aliphatic rings. The molecule has 0 radical (unpaired) electrons. The molecule has 0 bridgehead atoms. The minimum Gasteiger partial charge on any atom is -0.488 e. The Labute approximate surface area is 185 Å². The zero-order valence-electron chi connectivity index (χ0n) is 17.6. The SMILES string of the molecule is O=C(c1ccc(=O)[nH]n1)N1C[C@H]2C[C@@H](Oc3ccc(-c4ccccc4)cc3)[C@H](O)C[C@H]2C1. The molecule has 7 nitrogen and oxygen atoms in total. The molecule has 2 N–H and O–H groups in total. The summed E-state index contributed by atoms with van der Waals surface area (Å²) in [5.74, 6) is 1.03. The molecule has 7 heteroatoms. The van der Waals surface area contributed by atoms with Crippen LogP contribution in [0.2, 0.25) is 0 Å². The number of aliphatic hydroxyl groups is 1. The first-order valence-corrected chi connectivity index (χ1v) is 10.9. The van der Waals surface area contributed by atoms with E-state index < -0.39 is 6.10 Å². The number of hydrogen-bond donors (Lipinski definition) is 2. The number of ether oxygens (including phenoxy) is 1. The van der Waals surface area contributed by atoms with Gasteiger partial charge in [0, 0.05) is 19.2 Å². The van der Waals surface area contributed by atoms with Crippen molar-refractivity contribution in [3.63, 3.8) is 0 Å². The number of benzene rings is 2. The van der Waals surface area contributed by atoms with Crippen molar-refractivity contribution in [1.82, 2.24) is 15.1 Å². The van der Waals surface area contributed by atoms with Crippen molar-refractivity contribution >= 4 is 5.91 Å². The van der Waals surface area contributed by atoms with Gasteiger partial charge in [0.1, 0.15) is 17.5 Å². The molecule has 3 aromatic rings. The lowest BCUT2D eigenvalue weighted by Gasteiger charge is -2.35. The molecule has 32 heavy (non-hydrogen) atoms. The topological polar surface area (TPSA) is 95.5 Å². The zero-order chi connectivity index (χ0) is 22.1. The van der Waals surface area contributed by atoms with Gasteiger partial charge in [0.15, 0.2) is 0 Å². The normalized spacial score (nSPS) is 24.7. The third-order valence-electron chi connectivity index (χ3n) is 6.52. The number of likely N-dealkylation sites (tertiary alicyclic amines) is 1. The van der Waals surface area contributed by atoms with Gasteiger partial charge in [0.25, 0.3) is 11.5 Å². The van der Waals surface area contributed by atoms with Gasteiger partial charge in [-0.05, 0) is 54.0 Å². The second-order valence-electron chi connectivity index (χ2n) is 8.62.